The van der Waals surface area contributed by atoms with Crippen molar-refractivity contribution in [3.63, 3.8) is 0 Å². The van der Waals surface area contributed by atoms with Crippen molar-refractivity contribution < 1.29 is 8.83 Å². The lowest BCUT2D eigenvalue weighted by Crippen LogP contribution is -1.98. The van der Waals surface area contributed by atoms with Crippen molar-refractivity contribution in [3.8, 4) is 22.8 Å². The number of fused-ring (bicyclic) bond motifs is 6. The lowest BCUT2D eigenvalue weighted by atomic mass is 10.0. The highest BCUT2D eigenvalue weighted by molar-refractivity contribution is 6.32. The van der Waals surface area contributed by atoms with Gasteiger partial charge in [-0.25, -0.2) is 4.98 Å². The fourth-order valence-corrected chi connectivity index (χ4v) is 4.87. The minimum absolute atomic E-state index is 0.104. The van der Waals surface area contributed by atoms with Gasteiger partial charge >= 0.3 is 0 Å². The number of halogens is 2. The van der Waals surface area contributed by atoms with E-state index in [1.54, 1.807) is 6.07 Å². The monoisotopic (exact) mass is 481 g/mol. The molecule has 7 aromatic rings. The molecule has 5 nitrogen and oxygen atoms in total. The Hall–Kier alpha value is -3.93. The second kappa shape index (κ2) is 7.29. The van der Waals surface area contributed by atoms with Crippen LogP contribution in [0.5, 0.6) is 0 Å². The summed E-state index contributed by atoms with van der Waals surface area (Å²) in [4.78, 5) is 13.8. The van der Waals surface area contributed by atoms with Crippen molar-refractivity contribution in [3.05, 3.63) is 89.2 Å². The first-order chi connectivity index (χ1) is 16.7. The summed E-state index contributed by atoms with van der Waals surface area (Å²) >= 11 is 12.7. The lowest BCUT2D eigenvalue weighted by molar-refractivity contribution is 0.668. The summed E-state index contributed by atoms with van der Waals surface area (Å²) in [6.45, 7) is 0. The average molecular weight is 482 g/mol. The number of hydrogen-bond donors (Lipinski definition) is 0. The van der Waals surface area contributed by atoms with Crippen LogP contribution in [0.1, 0.15) is 0 Å². The summed E-state index contributed by atoms with van der Waals surface area (Å²) in [5, 5.41) is 4.42. The minimum atomic E-state index is 0.104. The lowest BCUT2D eigenvalue weighted by Gasteiger charge is -2.07. The number of hydrogen-bond acceptors (Lipinski definition) is 5. The Balaban J connectivity index is 1.52. The molecule has 0 saturated carbocycles. The van der Waals surface area contributed by atoms with Crippen molar-refractivity contribution in [2.75, 3.05) is 0 Å². The van der Waals surface area contributed by atoms with Gasteiger partial charge in [0.1, 0.15) is 22.3 Å². The van der Waals surface area contributed by atoms with E-state index >= 15 is 0 Å². The molecule has 3 heterocycles. The van der Waals surface area contributed by atoms with Crippen LogP contribution in [0, 0.1) is 0 Å². The maximum atomic E-state index is 6.43. The predicted molar refractivity (Wildman–Crippen MR) is 135 cm³/mol. The molecule has 0 atom stereocenters. The summed E-state index contributed by atoms with van der Waals surface area (Å²) in [5.74, 6) is 0.920. The molecule has 0 N–H and O–H groups in total. The van der Waals surface area contributed by atoms with Gasteiger partial charge in [-0.2, -0.15) is 9.97 Å². The zero-order valence-corrected chi connectivity index (χ0v) is 18.9. The normalized spacial score (nSPS) is 11.8. The van der Waals surface area contributed by atoms with Gasteiger partial charge in [0.25, 0.3) is 0 Å². The summed E-state index contributed by atoms with van der Waals surface area (Å²) < 4.78 is 12.1. The van der Waals surface area contributed by atoms with Gasteiger partial charge in [-0.1, -0.05) is 54.1 Å². The van der Waals surface area contributed by atoms with Crippen LogP contribution >= 0.6 is 23.2 Å². The van der Waals surface area contributed by atoms with E-state index in [2.05, 4.69) is 9.97 Å². The molecule has 0 saturated heterocycles. The Labute approximate surface area is 202 Å². The van der Waals surface area contributed by atoms with Gasteiger partial charge in [-0.05, 0) is 48.0 Å². The Kier molecular flexibility index (Phi) is 4.19. The quantitative estimate of drug-likeness (QED) is 0.248. The topological polar surface area (TPSA) is 65.0 Å². The Morgan fingerprint density at radius 2 is 1.12 bits per heavy atom. The third kappa shape index (κ3) is 2.91. The Bertz CT molecular complexity index is 1910. The van der Waals surface area contributed by atoms with Gasteiger partial charge in [0, 0.05) is 37.7 Å². The summed E-state index contributed by atoms with van der Waals surface area (Å²) in [7, 11) is 0. The zero-order chi connectivity index (χ0) is 22.8. The highest BCUT2D eigenvalue weighted by atomic mass is 35.5. The number of para-hydroxylation sites is 1. The van der Waals surface area contributed by atoms with E-state index < -0.39 is 0 Å². The van der Waals surface area contributed by atoms with E-state index in [0.29, 0.717) is 16.7 Å². The summed E-state index contributed by atoms with van der Waals surface area (Å²) in [5.41, 5.74) is 4.62. The largest absolute Gasteiger partial charge is 0.456 e. The third-order valence-electron chi connectivity index (χ3n) is 5.95. The van der Waals surface area contributed by atoms with Crippen LogP contribution in [0.25, 0.3) is 66.7 Å². The SMILES string of the molecule is Clc1ccc2oc3cccc(-c4nc(Cl)nc(-c5cccc6oc7ccccc7c56)n4)c3c2c1. The molecule has 0 aliphatic carbocycles. The molecule has 162 valence electrons. The number of benzene rings is 4. The molecule has 0 aliphatic heterocycles. The fourth-order valence-electron chi connectivity index (χ4n) is 4.54. The van der Waals surface area contributed by atoms with Crippen LogP contribution in [0.4, 0.5) is 0 Å². The molecule has 0 amide bonds. The number of rotatable bonds is 2. The molecular weight excluding hydrogens is 469 g/mol. The summed E-state index contributed by atoms with van der Waals surface area (Å²) in [6, 6.07) is 25.0. The minimum Gasteiger partial charge on any atom is -0.456 e. The van der Waals surface area contributed by atoms with Crippen molar-refractivity contribution in [2.24, 2.45) is 0 Å². The molecule has 7 heteroatoms. The molecule has 0 aliphatic rings. The van der Waals surface area contributed by atoms with Gasteiger partial charge in [0.15, 0.2) is 11.6 Å². The predicted octanol–water partition coefficient (Wildman–Crippen LogP) is 8.31. The highest BCUT2D eigenvalue weighted by Crippen LogP contribution is 2.39. The van der Waals surface area contributed by atoms with E-state index in [1.165, 1.54) is 0 Å². The Morgan fingerprint density at radius 1 is 0.529 bits per heavy atom. The van der Waals surface area contributed by atoms with Crippen LogP contribution in [0.15, 0.2) is 87.7 Å². The maximum Gasteiger partial charge on any atom is 0.226 e. The smallest absolute Gasteiger partial charge is 0.226 e. The van der Waals surface area contributed by atoms with Crippen molar-refractivity contribution in [2.45, 2.75) is 0 Å². The zero-order valence-electron chi connectivity index (χ0n) is 17.4. The molecule has 34 heavy (non-hydrogen) atoms. The average Bonchev–Trinajstić information content (AvgIpc) is 3.41. The number of nitrogens with zero attached hydrogens (tertiary/aromatic N) is 3. The fraction of sp³-hybridized carbons (Fsp3) is 0. The molecule has 4 aromatic carbocycles. The van der Waals surface area contributed by atoms with Gasteiger partial charge < -0.3 is 8.83 Å². The molecule has 0 radical (unpaired) electrons. The van der Waals surface area contributed by atoms with Gasteiger partial charge in [-0.15, -0.1) is 0 Å². The van der Waals surface area contributed by atoms with Crippen LogP contribution in [-0.2, 0) is 0 Å². The first-order valence-corrected chi connectivity index (χ1v) is 11.3. The summed E-state index contributed by atoms with van der Waals surface area (Å²) in [6.07, 6.45) is 0. The van der Waals surface area contributed by atoms with Gasteiger partial charge in [0.05, 0.1) is 0 Å². The Morgan fingerprint density at radius 3 is 1.82 bits per heavy atom. The van der Waals surface area contributed by atoms with E-state index in [0.717, 1.165) is 55.0 Å². The highest BCUT2D eigenvalue weighted by Gasteiger charge is 2.19. The van der Waals surface area contributed by atoms with Crippen LogP contribution in [0.2, 0.25) is 10.3 Å². The first-order valence-electron chi connectivity index (χ1n) is 10.6. The van der Waals surface area contributed by atoms with E-state index in [9.17, 15) is 0 Å². The molecule has 7 rings (SSSR count). The van der Waals surface area contributed by atoms with E-state index in [1.807, 2.05) is 72.8 Å². The molecule has 0 fully saturated rings. The molecule has 0 spiro atoms. The van der Waals surface area contributed by atoms with Crippen LogP contribution < -0.4 is 0 Å². The van der Waals surface area contributed by atoms with Gasteiger partial charge in [0.2, 0.25) is 5.28 Å². The maximum absolute atomic E-state index is 6.43. The molecule has 0 bridgehead atoms. The van der Waals surface area contributed by atoms with E-state index in [-0.39, 0.29) is 5.28 Å². The van der Waals surface area contributed by atoms with Crippen molar-refractivity contribution in [1.29, 1.82) is 0 Å². The molecule has 3 aromatic heterocycles. The molecule has 0 unspecified atom stereocenters. The van der Waals surface area contributed by atoms with E-state index in [4.69, 9.17) is 37.0 Å². The van der Waals surface area contributed by atoms with Crippen molar-refractivity contribution in [1.82, 2.24) is 15.0 Å². The second-order valence-electron chi connectivity index (χ2n) is 7.95. The number of furan rings is 2. The third-order valence-corrected chi connectivity index (χ3v) is 6.35. The van der Waals surface area contributed by atoms with Crippen LogP contribution in [0.3, 0.4) is 0 Å². The number of aromatic nitrogens is 3. The molecular formula is C27H13Cl2N3O2. The van der Waals surface area contributed by atoms with Crippen molar-refractivity contribution >= 4 is 67.1 Å². The van der Waals surface area contributed by atoms with Crippen LogP contribution in [-0.4, -0.2) is 15.0 Å². The first kappa shape index (κ1) is 19.5. The standard InChI is InChI=1S/C27H13Cl2N3O2/c28-14-11-12-20-18(13-14)24-17(7-4-10-22(24)34-20)26-30-25(31-27(29)32-26)16-6-3-9-21-23(16)15-5-1-2-8-19(15)33-21/h1-13H. The second-order valence-corrected chi connectivity index (χ2v) is 8.72. The van der Waals surface area contributed by atoms with Gasteiger partial charge in [-0.3, -0.25) is 0 Å².